The zero-order valence-corrected chi connectivity index (χ0v) is 21.5. The highest BCUT2D eigenvalue weighted by Crippen LogP contribution is 2.23. The van der Waals surface area contributed by atoms with Gasteiger partial charge < -0.3 is 20.3 Å². The molecule has 1 fully saturated rings. The Hall–Kier alpha value is -3.21. The Bertz CT molecular complexity index is 1300. The molecule has 1 aliphatic heterocycles. The number of nitrogens with one attached hydrogen (secondary N) is 2. The van der Waals surface area contributed by atoms with Crippen molar-refractivity contribution >= 4 is 44.7 Å². The fourth-order valence-electron chi connectivity index (χ4n) is 3.94. The van der Waals surface area contributed by atoms with Crippen LogP contribution in [0.25, 0.3) is 0 Å². The third-order valence-corrected chi connectivity index (χ3v) is 8.03. The summed E-state index contributed by atoms with van der Waals surface area (Å²) in [7, 11) is -1.83. The number of likely N-dealkylation sites (tertiary alicyclic amines) is 1. The van der Waals surface area contributed by atoms with E-state index in [1.807, 2.05) is 0 Å². The Morgan fingerprint density at radius 3 is 2.42 bits per heavy atom. The Morgan fingerprint density at radius 1 is 1.06 bits per heavy atom. The summed E-state index contributed by atoms with van der Waals surface area (Å²) in [6.07, 6.45) is 5.94. The minimum Gasteiger partial charge on any atom is -0.497 e. The Morgan fingerprint density at radius 2 is 1.75 bits per heavy atom. The summed E-state index contributed by atoms with van der Waals surface area (Å²) in [5.41, 5.74) is 1.30. The molecule has 1 amide bonds. The SMILES string of the molecule is COc1ccc(Cl)c(C(=O)Nc2cnc(Nc3ccc(S(=O)(=O)CCCN4CCCC4)cc3)nc2)c1. The quantitative estimate of drug-likeness (QED) is 0.397. The van der Waals surface area contributed by atoms with Crippen LogP contribution in [-0.2, 0) is 9.84 Å². The first-order chi connectivity index (χ1) is 17.3. The molecule has 3 aromatic rings. The van der Waals surface area contributed by atoms with E-state index in [4.69, 9.17) is 16.3 Å². The lowest BCUT2D eigenvalue weighted by molar-refractivity contribution is 0.102. The molecule has 2 aromatic carbocycles. The number of carbonyl (C=O) groups is 1. The minimum atomic E-state index is -3.33. The van der Waals surface area contributed by atoms with Gasteiger partial charge in [-0.05, 0) is 81.4 Å². The van der Waals surface area contributed by atoms with Crippen LogP contribution in [0.5, 0.6) is 5.75 Å². The summed E-state index contributed by atoms with van der Waals surface area (Å²) in [6.45, 7) is 2.94. The maximum absolute atomic E-state index is 12.6. The van der Waals surface area contributed by atoms with Gasteiger partial charge >= 0.3 is 0 Å². The van der Waals surface area contributed by atoms with Crippen molar-refractivity contribution < 1.29 is 17.9 Å². The standard InChI is InChI=1S/C25H28ClN5O4S/c1-35-20-7-10-23(26)22(15-20)24(32)29-19-16-27-25(28-17-19)30-18-5-8-21(9-6-18)36(33,34)14-4-13-31-11-2-3-12-31/h5-10,15-17H,2-4,11-14H2,1H3,(H,29,32)(H,27,28,30). The van der Waals surface area contributed by atoms with Gasteiger partial charge in [0.2, 0.25) is 5.95 Å². The van der Waals surface area contributed by atoms with Crippen LogP contribution in [-0.4, -0.2) is 61.7 Å². The summed E-state index contributed by atoms with van der Waals surface area (Å²) in [4.78, 5) is 23.6. The number of amides is 1. The van der Waals surface area contributed by atoms with E-state index in [0.717, 1.165) is 19.6 Å². The van der Waals surface area contributed by atoms with E-state index in [1.165, 1.54) is 32.3 Å². The second-order valence-corrected chi connectivity index (χ2v) is 11.0. The normalized spacial score (nSPS) is 13.9. The van der Waals surface area contributed by atoms with Gasteiger partial charge in [-0.15, -0.1) is 0 Å². The smallest absolute Gasteiger partial charge is 0.257 e. The molecule has 36 heavy (non-hydrogen) atoms. The maximum atomic E-state index is 12.6. The highest BCUT2D eigenvalue weighted by atomic mass is 35.5. The van der Waals surface area contributed by atoms with E-state index in [0.29, 0.717) is 39.4 Å². The van der Waals surface area contributed by atoms with Crippen molar-refractivity contribution in [2.45, 2.75) is 24.2 Å². The zero-order valence-electron chi connectivity index (χ0n) is 19.9. The lowest BCUT2D eigenvalue weighted by atomic mass is 10.2. The summed E-state index contributed by atoms with van der Waals surface area (Å²) in [6, 6.07) is 11.3. The van der Waals surface area contributed by atoms with E-state index < -0.39 is 15.7 Å². The number of ether oxygens (including phenoxy) is 1. The number of carbonyl (C=O) groups excluding carboxylic acids is 1. The van der Waals surface area contributed by atoms with E-state index in [2.05, 4.69) is 25.5 Å². The summed E-state index contributed by atoms with van der Waals surface area (Å²) in [5.74, 6) is 0.531. The highest BCUT2D eigenvalue weighted by Gasteiger charge is 2.17. The molecular formula is C25H28ClN5O4S. The lowest BCUT2D eigenvalue weighted by Gasteiger charge is -2.14. The molecule has 2 N–H and O–H groups in total. The van der Waals surface area contributed by atoms with Gasteiger partial charge in [0.1, 0.15) is 5.75 Å². The fourth-order valence-corrected chi connectivity index (χ4v) is 5.44. The highest BCUT2D eigenvalue weighted by molar-refractivity contribution is 7.91. The van der Waals surface area contributed by atoms with E-state index in [1.54, 1.807) is 42.5 Å². The number of anilines is 3. The van der Waals surface area contributed by atoms with Crippen molar-refractivity contribution in [3.8, 4) is 5.75 Å². The first kappa shape index (κ1) is 25.9. The second-order valence-electron chi connectivity index (χ2n) is 8.47. The van der Waals surface area contributed by atoms with Gasteiger partial charge in [0.15, 0.2) is 9.84 Å². The molecule has 0 spiro atoms. The predicted octanol–water partition coefficient (Wildman–Crippen LogP) is 4.39. The Kier molecular flexibility index (Phi) is 8.40. The van der Waals surface area contributed by atoms with Crippen LogP contribution < -0.4 is 15.4 Å². The number of aromatic nitrogens is 2. The molecular weight excluding hydrogens is 502 g/mol. The molecule has 1 saturated heterocycles. The second kappa shape index (κ2) is 11.7. The van der Waals surface area contributed by atoms with E-state index >= 15 is 0 Å². The van der Waals surface area contributed by atoms with Crippen LogP contribution in [0.1, 0.15) is 29.6 Å². The molecule has 1 aromatic heterocycles. The molecule has 0 atom stereocenters. The van der Waals surface area contributed by atoms with Crippen molar-refractivity contribution in [2.75, 3.05) is 43.1 Å². The average molecular weight is 530 g/mol. The number of hydrogen-bond acceptors (Lipinski definition) is 8. The molecule has 0 aliphatic carbocycles. The first-order valence-electron chi connectivity index (χ1n) is 11.6. The van der Waals surface area contributed by atoms with Gasteiger partial charge in [0, 0.05) is 5.69 Å². The topological polar surface area (TPSA) is 114 Å². The molecule has 0 saturated carbocycles. The van der Waals surface area contributed by atoms with Crippen molar-refractivity contribution in [3.05, 3.63) is 65.4 Å². The molecule has 0 unspecified atom stereocenters. The van der Waals surface area contributed by atoms with Gasteiger partial charge in [-0.25, -0.2) is 18.4 Å². The first-order valence-corrected chi connectivity index (χ1v) is 13.7. The number of hydrogen-bond donors (Lipinski definition) is 2. The monoisotopic (exact) mass is 529 g/mol. The number of nitrogens with zero attached hydrogens (tertiary/aromatic N) is 3. The summed E-state index contributed by atoms with van der Waals surface area (Å²) in [5, 5.41) is 6.02. The van der Waals surface area contributed by atoms with Crippen LogP contribution in [0.3, 0.4) is 0 Å². The van der Waals surface area contributed by atoms with E-state index in [-0.39, 0.29) is 11.3 Å². The minimum absolute atomic E-state index is 0.132. The lowest BCUT2D eigenvalue weighted by Crippen LogP contribution is -2.22. The molecule has 2 heterocycles. The number of halogens is 1. The third-order valence-electron chi connectivity index (χ3n) is 5.88. The van der Waals surface area contributed by atoms with Crippen molar-refractivity contribution in [2.24, 2.45) is 0 Å². The number of rotatable bonds is 10. The number of benzene rings is 2. The molecule has 9 nitrogen and oxygen atoms in total. The molecule has 190 valence electrons. The zero-order chi connectivity index (χ0) is 25.5. The van der Waals surface area contributed by atoms with Gasteiger partial charge in [-0.1, -0.05) is 11.6 Å². The summed E-state index contributed by atoms with van der Waals surface area (Å²) >= 11 is 6.12. The molecule has 4 rings (SSSR count). The molecule has 0 radical (unpaired) electrons. The van der Waals surface area contributed by atoms with Gasteiger partial charge in [0.25, 0.3) is 5.91 Å². The van der Waals surface area contributed by atoms with Gasteiger partial charge in [-0.2, -0.15) is 0 Å². The van der Waals surface area contributed by atoms with E-state index in [9.17, 15) is 13.2 Å². The average Bonchev–Trinajstić information content (AvgIpc) is 3.39. The Labute approximate surface area is 215 Å². The third kappa shape index (κ3) is 6.71. The van der Waals surface area contributed by atoms with Crippen molar-refractivity contribution in [1.29, 1.82) is 0 Å². The molecule has 0 bridgehead atoms. The number of sulfone groups is 1. The van der Waals surface area contributed by atoms with Crippen LogP contribution in [0.15, 0.2) is 59.8 Å². The molecule has 11 heteroatoms. The van der Waals surface area contributed by atoms with Crippen LogP contribution in [0.4, 0.5) is 17.3 Å². The maximum Gasteiger partial charge on any atom is 0.257 e. The largest absolute Gasteiger partial charge is 0.497 e. The van der Waals surface area contributed by atoms with Crippen molar-refractivity contribution in [3.63, 3.8) is 0 Å². The van der Waals surface area contributed by atoms with Crippen LogP contribution in [0, 0.1) is 0 Å². The van der Waals surface area contributed by atoms with Crippen LogP contribution >= 0.6 is 11.6 Å². The van der Waals surface area contributed by atoms with Gasteiger partial charge in [-0.3, -0.25) is 4.79 Å². The van der Waals surface area contributed by atoms with Crippen LogP contribution in [0.2, 0.25) is 5.02 Å². The fraction of sp³-hybridized carbons (Fsp3) is 0.320. The molecule has 1 aliphatic rings. The van der Waals surface area contributed by atoms with Gasteiger partial charge in [0.05, 0.1) is 46.4 Å². The predicted molar refractivity (Wildman–Crippen MR) is 140 cm³/mol. The Balaban J connectivity index is 1.32. The number of methoxy groups -OCH3 is 1. The summed E-state index contributed by atoms with van der Waals surface area (Å²) < 4.78 is 30.4. The van der Waals surface area contributed by atoms with Crippen molar-refractivity contribution in [1.82, 2.24) is 14.9 Å².